The summed E-state index contributed by atoms with van der Waals surface area (Å²) in [6.45, 7) is 1.33. The van der Waals surface area contributed by atoms with Crippen LogP contribution in [0.1, 0.15) is 12.8 Å². The zero-order chi connectivity index (χ0) is 13.1. The fourth-order valence-corrected chi connectivity index (χ4v) is 1.59. The molecule has 0 aliphatic carbocycles. The lowest BCUT2D eigenvalue weighted by Gasteiger charge is -2.19. The number of alkyl halides is 5. The summed E-state index contributed by atoms with van der Waals surface area (Å²) in [7, 11) is 0. The highest BCUT2D eigenvalue weighted by Crippen LogP contribution is 2.35. The van der Waals surface area contributed by atoms with Crippen LogP contribution < -0.4 is 10.6 Å². The van der Waals surface area contributed by atoms with Crippen LogP contribution in [0, 0.1) is 5.92 Å². The molecule has 8 heteroatoms. The van der Waals surface area contributed by atoms with E-state index in [0.717, 1.165) is 13.0 Å². The maximum atomic E-state index is 12.5. The second kappa shape index (κ2) is 5.16. The van der Waals surface area contributed by atoms with Gasteiger partial charge in [0.2, 0.25) is 0 Å². The summed E-state index contributed by atoms with van der Waals surface area (Å²) in [5, 5.41) is 4.64. The monoisotopic (exact) mass is 260 g/mol. The van der Waals surface area contributed by atoms with E-state index in [1.807, 2.05) is 0 Å². The molecule has 1 unspecified atom stereocenters. The third-order valence-electron chi connectivity index (χ3n) is 2.64. The highest BCUT2D eigenvalue weighted by Gasteiger charge is 2.63. The van der Waals surface area contributed by atoms with Gasteiger partial charge in [0.05, 0.1) is 0 Å². The molecule has 1 aliphatic heterocycles. The van der Waals surface area contributed by atoms with Crippen molar-refractivity contribution in [3.63, 3.8) is 0 Å². The van der Waals surface area contributed by atoms with Gasteiger partial charge >= 0.3 is 12.1 Å². The molecule has 0 aromatic heterocycles. The van der Waals surface area contributed by atoms with Crippen molar-refractivity contribution in [3.05, 3.63) is 0 Å². The minimum atomic E-state index is -5.84. The van der Waals surface area contributed by atoms with Crippen molar-refractivity contribution < 1.29 is 26.7 Å². The number of hydrogen-bond donors (Lipinski definition) is 2. The SMILES string of the molecule is O=C(NCCC1CCNC1)C(F)(F)C(F)(F)F. The second-order valence-electron chi connectivity index (χ2n) is 3.98. The van der Waals surface area contributed by atoms with Gasteiger partial charge in [-0.1, -0.05) is 0 Å². The second-order valence-corrected chi connectivity index (χ2v) is 3.98. The largest absolute Gasteiger partial charge is 0.463 e. The Morgan fingerprint density at radius 3 is 2.41 bits per heavy atom. The maximum Gasteiger partial charge on any atom is 0.463 e. The Morgan fingerprint density at radius 1 is 1.29 bits per heavy atom. The van der Waals surface area contributed by atoms with Crippen LogP contribution >= 0.6 is 0 Å². The number of rotatable bonds is 4. The van der Waals surface area contributed by atoms with Crippen molar-refractivity contribution in [2.75, 3.05) is 19.6 Å². The summed E-state index contributed by atoms with van der Waals surface area (Å²) in [4.78, 5) is 10.7. The lowest BCUT2D eigenvalue weighted by atomic mass is 10.1. The molecule has 0 saturated carbocycles. The van der Waals surface area contributed by atoms with Crippen LogP contribution in [0.25, 0.3) is 0 Å². The zero-order valence-electron chi connectivity index (χ0n) is 8.91. The van der Waals surface area contributed by atoms with Crippen molar-refractivity contribution in [2.24, 2.45) is 5.92 Å². The molecule has 0 bridgehead atoms. The number of halogens is 5. The minimum absolute atomic E-state index is 0.170. The number of nitrogens with one attached hydrogen (secondary N) is 2. The van der Waals surface area contributed by atoms with E-state index in [0.29, 0.717) is 13.0 Å². The van der Waals surface area contributed by atoms with E-state index in [1.54, 1.807) is 5.32 Å². The Morgan fingerprint density at radius 2 is 1.94 bits per heavy atom. The molecular formula is C9H13F5N2O. The van der Waals surface area contributed by atoms with Crippen LogP contribution in [0.4, 0.5) is 22.0 Å². The predicted octanol–water partition coefficient (Wildman–Crippen LogP) is 1.30. The van der Waals surface area contributed by atoms with E-state index in [2.05, 4.69) is 5.32 Å². The number of hydrogen-bond acceptors (Lipinski definition) is 2. The van der Waals surface area contributed by atoms with E-state index in [4.69, 9.17) is 0 Å². The van der Waals surface area contributed by atoms with Crippen LogP contribution in [0.2, 0.25) is 0 Å². The van der Waals surface area contributed by atoms with E-state index < -0.39 is 18.0 Å². The summed E-state index contributed by atoms with van der Waals surface area (Å²) in [6, 6.07) is 0. The van der Waals surface area contributed by atoms with Crippen LogP contribution in [0.15, 0.2) is 0 Å². The Hall–Kier alpha value is -0.920. The van der Waals surface area contributed by atoms with Gasteiger partial charge in [-0.25, -0.2) is 0 Å². The van der Waals surface area contributed by atoms with Crippen molar-refractivity contribution in [2.45, 2.75) is 24.9 Å². The lowest BCUT2D eigenvalue weighted by Crippen LogP contribution is -2.50. The van der Waals surface area contributed by atoms with Gasteiger partial charge in [-0.3, -0.25) is 4.79 Å². The summed E-state index contributed by atoms with van der Waals surface area (Å²) in [5.74, 6) is -7.38. The highest BCUT2D eigenvalue weighted by atomic mass is 19.4. The molecule has 0 spiro atoms. The average Bonchev–Trinajstić information content (AvgIpc) is 2.68. The molecule has 1 saturated heterocycles. The molecule has 1 atom stereocenters. The van der Waals surface area contributed by atoms with E-state index in [-0.39, 0.29) is 12.5 Å². The first-order chi connectivity index (χ1) is 7.75. The minimum Gasteiger partial charge on any atom is -0.351 e. The van der Waals surface area contributed by atoms with Crippen LogP contribution in [0.3, 0.4) is 0 Å². The fraction of sp³-hybridized carbons (Fsp3) is 0.889. The first-order valence-electron chi connectivity index (χ1n) is 5.18. The van der Waals surface area contributed by atoms with Gasteiger partial charge in [0, 0.05) is 6.54 Å². The van der Waals surface area contributed by atoms with Gasteiger partial charge in [-0.2, -0.15) is 22.0 Å². The molecule has 0 aromatic carbocycles. The molecule has 1 fully saturated rings. The molecule has 1 aliphatic rings. The van der Waals surface area contributed by atoms with Crippen molar-refractivity contribution in [1.82, 2.24) is 10.6 Å². The summed E-state index contributed by atoms with van der Waals surface area (Å²) < 4.78 is 60.3. The van der Waals surface area contributed by atoms with E-state index in [1.165, 1.54) is 0 Å². The van der Waals surface area contributed by atoms with Crippen LogP contribution in [-0.4, -0.2) is 37.6 Å². The summed E-state index contributed by atoms with van der Waals surface area (Å²) in [5.41, 5.74) is 0. The number of carbonyl (C=O) groups excluding carboxylic acids is 1. The molecule has 100 valence electrons. The first kappa shape index (κ1) is 14.1. The Balaban J connectivity index is 2.33. The van der Waals surface area contributed by atoms with Gasteiger partial charge in [0.25, 0.3) is 5.91 Å². The normalized spacial score (nSPS) is 21.6. The maximum absolute atomic E-state index is 12.5. The first-order valence-corrected chi connectivity index (χ1v) is 5.18. The standard InChI is InChI=1S/C9H13F5N2O/c10-8(11,9(12,13)14)7(17)16-4-2-6-1-3-15-5-6/h6,15H,1-5H2,(H,16,17). The van der Waals surface area contributed by atoms with Gasteiger partial charge in [0.15, 0.2) is 0 Å². The molecule has 0 radical (unpaired) electrons. The van der Waals surface area contributed by atoms with Gasteiger partial charge in [-0.05, 0) is 31.8 Å². The molecular weight excluding hydrogens is 247 g/mol. The Labute approximate surface area is 94.7 Å². The number of amides is 1. The molecule has 1 heterocycles. The summed E-state index contributed by atoms with van der Waals surface area (Å²) in [6.07, 6.45) is -4.61. The lowest BCUT2D eigenvalue weighted by molar-refractivity contribution is -0.269. The Kier molecular flexibility index (Phi) is 4.29. The molecule has 2 N–H and O–H groups in total. The van der Waals surface area contributed by atoms with Gasteiger partial charge in [0.1, 0.15) is 0 Å². The van der Waals surface area contributed by atoms with Crippen molar-refractivity contribution in [3.8, 4) is 0 Å². The molecule has 1 rings (SSSR count). The molecule has 17 heavy (non-hydrogen) atoms. The van der Waals surface area contributed by atoms with E-state index >= 15 is 0 Å². The topological polar surface area (TPSA) is 41.1 Å². The molecule has 1 amide bonds. The summed E-state index contributed by atoms with van der Waals surface area (Å²) >= 11 is 0. The average molecular weight is 260 g/mol. The number of carbonyl (C=O) groups is 1. The van der Waals surface area contributed by atoms with E-state index in [9.17, 15) is 26.7 Å². The zero-order valence-corrected chi connectivity index (χ0v) is 8.91. The van der Waals surface area contributed by atoms with Crippen molar-refractivity contribution in [1.29, 1.82) is 0 Å². The predicted molar refractivity (Wildman–Crippen MR) is 49.6 cm³/mol. The molecule has 0 aromatic rings. The van der Waals surface area contributed by atoms with Gasteiger partial charge in [-0.15, -0.1) is 0 Å². The fourth-order valence-electron chi connectivity index (χ4n) is 1.59. The van der Waals surface area contributed by atoms with Crippen molar-refractivity contribution >= 4 is 5.91 Å². The Bertz CT molecular complexity index is 273. The third kappa shape index (κ3) is 3.52. The highest BCUT2D eigenvalue weighted by molar-refractivity contribution is 5.84. The third-order valence-corrected chi connectivity index (χ3v) is 2.64. The van der Waals surface area contributed by atoms with Crippen LogP contribution in [-0.2, 0) is 4.79 Å². The smallest absolute Gasteiger partial charge is 0.351 e. The molecule has 3 nitrogen and oxygen atoms in total. The van der Waals surface area contributed by atoms with Crippen LogP contribution in [0.5, 0.6) is 0 Å². The van der Waals surface area contributed by atoms with Gasteiger partial charge < -0.3 is 10.6 Å². The quantitative estimate of drug-likeness (QED) is 0.748.